The SMILES string of the molecule is CCCCCCC(NCC)c1cc(C)ccc1OC. The molecule has 0 aromatic heterocycles. The zero-order chi connectivity index (χ0) is 14.1. The van der Waals surface area contributed by atoms with Crippen molar-refractivity contribution in [1.82, 2.24) is 5.32 Å². The van der Waals surface area contributed by atoms with Crippen LogP contribution < -0.4 is 10.1 Å². The minimum Gasteiger partial charge on any atom is -0.496 e. The fraction of sp³-hybridized carbons (Fsp3) is 0.647. The molecule has 0 aliphatic heterocycles. The van der Waals surface area contributed by atoms with Crippen molar-refractivity contribution in [2.75, 3.05) is 13.7 Å². The first-order valence-electron chi connectivity index (χ1n) is 7.60. The van der Waals surface area contributed by atoms with Crippen molar-refractivity contribution < 1.29 is 4.74 Å². The molecule has 0 amide bonds. The molecule has 0 saturated heterocycles. The average Bonchev–Trinajstić information content (AvgIpc) is 2.42. The molecule has 1 atom stereocenters. The zero-order valence-electron chi connectivity index (χ0n) is 13.0. The minimum absolute atomic E-state index is 0.414. The molecule has 1 aromatic rings. The summed E-state index contributed by atoms with van der Waals surface area (Å²) in [5.74, 6) is 1.01. The Morgan fingerprint density at radius 2 is 1.95 bits per heavy atom. The molecule has 0 spiro atoms. The van der Waals surface area contributed by atoms with Crippen LogP contribution in [0.4, 0.5) is 0 Å². The Morgan fingerprint density at radius 1 is 1.16 bits per heavy atom. The number of aryl methyl sites for hydroxylation is 1. The maximum absolute atomic E-state index is 5.52. The van der Waals surface area contributed by atoms with Gasteiger partial charge in [-0.1, -0.05) is 57.2 Å². The number of hydrogen-bond acceptors (Lipinski definition) is 2. The molecule has 1 aromatic carbocycles. The maximum Gasteiger partial charge on any atom is 0.123 e. The number of methoxy groups -OCH3 is 1. The maximum atomic E-state index is 5.52. The molecule has 0 heterocycles. The lowest BCUT2D eigenvalue weighted by atomic mass is 9.97. The van der Waals surface area contributed by atoms with Crippen LogP contribution in [0.3, 0.4) is 0 Å². The second-order valence-electron chi connectivity index (χ2n) is 5.21. The first kappa shape index (κ1) is 16.0. The van der Waals surface area contributed by atoms with Crippen LogP contribution in [0.15, 0.2) is 18.2 Å². The molecule has 0 fully saturated rings. The molecule has 1 unspecified atom stereocenters. The van der Waals surface area contributed by atoms with Crippen LogP contribution >= 0.6 is 0 Å². The third kappa shape index (κ3) is 5.23. The third-order valence-electron chi connectivity index (χ3n) is 3.56. The Hall–Kier alpha value is -1.02. The fourth-order valence-corrected chi connectivity index (χ4v) is 2.52. The van der Waals surface area contributed by atoms with E-state index in [1.807, 2.05) is 0 Å². The molecule has 2 nitrogen and oxygen atoms in total. The number of rotatable bonds is 9. The van der Waals surface area contributed by atoms with Crippen LogP contribution in [0, 0.1) is 6.92 Å². The van der Waals surface area contributed by atoms with Crippen molar-refractivity contribution in [3.63, 3.8) is 0 Å². The molecule has 0 aliphatic rings. The highest BCUT2D eigenvalue weighted by Gasteiger charge is 2.15. The average molecular weight is 263 g/mol. The van der Waals surface area contributed by atoms with E-state index in [1.54, 1.807) is 7.11 Å². The highest BCUT2D eigenvalue weighted by atomic mass is 16.5. The van der Waals surface area contributed by atoms with Crippen molar-refractivity contribution in [2.24, 2.45) is 0 Å². The molecule has 0 radical (unpaired) electrons. The van der Waals surface area contributed by atoms with Gasteiger partial charge in [-0.05, 0) is 26.0 Å². The van der Waals surface area contributed by atoms with Gasteiger partial charge < -0.3 is 10.1 Å². The summed E-state index contributed by atoms with van der Waals surface area (Å²) in [6.45, 7) is 7.56. The molecular weight excluding hydrogens is 234 g/mol. The van der Waals surface area contributed by atoms with Crippen LogP contribution in [0.5, 0.6) is 5.75 Å². The predicted molar refractivity (Wildman–Crippen MR) is 82.9 cm³/mol. The van der Waals surface area contributed by atoms with E-state index in [0.717, 1.165) is 12.3 Å². The van der Waals surface area contributed by atoms with Crippen LogP contribution in [0.25, 0.3) is 0 Å². The van der Waals surface area contributed by atoms with E-state index in [0.29, 0.717) is 6.04 Å². The third-order valence-corrected chi connectivity index (χ3v) is 3.56. The van der Waals surface area contributed by atoms with Gasteiger partial charge in [-0.2, -0.15) is 0 Å². The van der Waals surface area contributed by atoms with Gasteiger partial charge in [0, 0.05) is 11.6 Å². The van der Waals surface area contributed by atoms with Gasteiger partial charge in [-0.25, -0.2) is 0 Å². The summed E-state index contributed by atoms with van der Waals surface area (Å²) in [6.07, 6.45) is 6.42. The van der Waals surface area contributed by atoms with E-state index in [2.05, 4.69) is 44.3 Å². The van der Waals surface area contributed by atoms with E-state index >= 15 is 0 Å². The lowest BCUT2D eigenvalue weighted by Gasteiger charge is -2.21. The molecule has 1 rings (SSSR count). The van der Waals surface area contributed by atoms with Crippen molar-refractivity contribution >= 4 is 0 Å². The van der Waals surface area contributed by atoms with Gasteiger partial charge >= 0.3 is 0 Å². The van der Waals surface area contributed by atoms with Gasteiger partial charge in [0.15, 0.2) is 0 Å². The van der Waals surface area contributed by atoms with E-state index < -0.39 is 0 Å². The Labute approximate surface area is 118 Å². The smallest absolute Gasteiger partial charge is 0.123 e. The number of unbranched alkanes of at least 4 members (excludes halogenated alkanes) is 3. The molecule has 0 saturated carbocycles. The van der Waals surface area contributed by atoms with E-state index in [1.165, 1.54) is 43.2 Å². The highest BCUT2D eigenvalue weighted by molar-refractivity contribution is 5.39. The summed E-state index contributed by atoms with van der Waals surface area (Å²) >= 11 is 0. The van der Waals surface area contributed by atoms with Crippen molar-refractivity contribution in [3.8, 4) is 5.75 Å². The first-order valence-corrected chi connectivity index (χ1v) is 7.60. The first-order chi connectivity index (χ1) is 9.22. The van der Waals surface area contributed by atoms with Gasteiger partial charge in [0.25, 0.3) is 0 Å². The van der Waals surface area contributed by atoms with Crippen LogP contribution in [-0.2, 0) is 0 Å². The molecule has 1 N–H and O–H groups in total. The summed E-state index contributed by atoms with van der Waals surface area (Å²) in [4.78, 5) is 0. The van der Waals surface area contributed by atoms with Gasteiger partial charge in [-0.15, -0.1) is 0 Å². The summed E-state index contributed by atoms with van der Waals surface area (Å²) in [5, 5.41) is 3.60. The Balaban J connectivity index is 2.76. The quantitative estimate of drug-likeness (QED) is 0.656. The summed E-state index contributed by atoms with van der Waals surface area (Å²) < 4.78 is 5.52. The van der Waals surface area contributed by atoms with Crippen molar-refractivity contribution in [2.45, 2.75) is 58.9 Å². The molecule has 108 valence electrons. The highest BCUT2D eigenvalue weighted by Crippen LogP contribution is 2.29. The Kier molecular flexibility index (Phi) is 7.57. The molecular formula is C17H29NO. The molecule has 0 bridgehead atoms. The fourth-order valence-electron chi connectivity index (χ4n) is 2.52. The minimum atomic E-state index is 0.414. The second kappa shape index (κ2) is 8.98. The summed E-state index contributed by atoms with van der Waals surface area (Å²) in [6, 6.07) is 6.87. The van der Waals surface area contributed by atoms with Crippen LogP contribution in [-0.4, -0.2) is 13.7 Å². The van der Waals surface area contributed by atoms with Crippen molar-refractivity contribution in [3.05, 3.63) is 29.3 Å². The standard InChI is InChI=1S/C17H29NO/c1-5-7-8-9-10-16(18-6-2)15-13-14(3)11-12-17(15)19-4/h11-13,16,18H,5-10H2,1-4H3. The van der Waals surface area contributed by atoms with Gasteiger partial charge in [0.05, 0.1) is 7.11 Å². The zero-order valence-corrected chi connectivity index (χ0v) is 13.0. The van der Waals surface area contributed by atoms with Gasteiger partial charge in [0.2, 0.25) is 0 Å². The normalized spacial score (nSPS) is 12.4. The van der Waals surface area contributed by atoms with Crippen LogP contribution in [0.1, 0.15) is 63.1 Å². The summed E-state index contributed by atoms with van der Waals surface area (Å²) in [7, 11) is 1.76. The number of nitrogens with one attached hydrogen (secondary N) is 1. The van der Waals surface area contributed by atoms with Gasteiger partial charge in [-0.3, -0.25) is 0 Å². The Morgan fingerprint density at radius 3 is 2.58 bits per heavy atom. The lowest BCUT2D eigenvalue weighted by Crippen LogP contribution is -2.21. The molecule has 19 heavy (non-hydrogen) atoms. The molecule has 0 aliphatic carbocycles. The Bertz CT molecular complexity index is 362. The monoisotopic (exact) mass is 263 g/mol. The topological polar surface area (TPSA) is 21.3 Å². The number of benzene rings is 1. The van der Waals surface area contributed by atoms with E-state index in [9.17, 15) is 0 Å². The molecule has 2 heteroatoms. The number of hydrogen-bond donors (Lipinski definition) is 1. The number of ether oxygens (including phenoxy) is 1. The lowest BCUT2D eigenvalue weighted by molar-refractivity contribution is 0.393. The second-order valence-corrected chi connectivity index (χ2v) is 5.21. The van der Waals surface area contributed by atoms with Crippen LogP contribution in [0.2, 0.25) is 0 Å². The van der Waals surface area contributed by atoms with E-state index in [4.69, 9.17) is 4.74 Å². The summed E-state index contributed by atoms with van der Waals surface area (Å²) in [5.41, 5.74) is 2.60. The van der Waals surface area contributed by atoms with Gasteiger partial charge in [0.1, 0.15) is 5.75 Å². The van der Waals surface area contributed by atoms with E-state index in [-0.39, 0.29) is 0 Å². The predicted octanol–water partition coefficient (Wildman–Crippen LogP) is 4.62. The van der Waals surface area contributed by atoms with Crippen molar-refractivity contribution in [1.29, 1.82) is 0 Å². The largest absolute Gasteiger partial charge is 0.496 e.